The molecule has 0 aromatic carbocycles. The van der Waals surface area contributed by atoms with Crippen molar-refractivity contribution in [1.82, 2.24) is 29.5 Å². The molecule has 10 rings (SSSR count). The van der Waals surface area contributed by atoms with Crippen molar-refractivity contribution in [3.05, 3.63) is 57.0 Å². The molecule has 6 aliphatic carbocycles. The van der Waals surface area contributed by atoms with E-state index < -0.39 is 11.9 Å². The van der Waals surface area contributed by atoms with Crippen LogP contribution in [0.3, 0.4) is 0 Å². The van der Waals surface area contributed by atoms with Crippen LogP contribution >= 0.6 is 22.7 Å². The highest BCUT2D eigenvalue weighted by atomic mass is 32.1. The highest BCUT2D eigenvalue weighted by Gasteiger charge is 2.41. The summed E-state index contributed by atoms with van der Waals surface area (Å²) in [6, 6.07) is 4.80. The van der Waals surface area contributed by atoms with Gasteiger partial charge in [0.1, 0.15) is 35.1 Å². The highest BCUT2D eigenvalue weighted by Crippen LogP contribution is 2.50. The first-order chi connectivity index (χ1) is 35.4. The number of amides is 2. The van der Waals surface area contributed by atoms with Crippen molar-refractivity contribution < 1.29 is 29.4 Å². The van der Waals surface area contributed by atoms with Gasteiger partial charge in [-0.1, -0.05) is 41.5 Å². The van der Waals surface area contributed by atoms with Crippen molar-refractivity contribution in [3.63, 3.8) is 0 Å². The predicted molar refractivity (Wildman–Crippen MR) is 292 cm³/mol. The van der Waals surface area contributed by atoms with Crippen LogP contribution in [0.5, 0.6) is 0 Å². The van der Waals surface area contributed by atoms with Gasteiger partial charge in [-0.3, -0.25) is 9.59 Å². The minimum absolute atomic E-state index is 0.00952. The number of carboxylic acids is 2. The summed E-state index contributed by atoms with van der Waals surface area (Å²) in [4.78, 5) is 68.5. The number of thiophene rings is 2. The summed E-state index contributed by atoms with van der Waals surface area (Å²) in [5.41, 5.74) is 2.03. The molecular formula is C58H84N8O6S2. The number of anilines is 2. The van der Waals surface area contributed by atoms with Crippen LogP contribution in [0.2, 0.25) is 0 Å². The van der Waals surface area contributed by atoms with Gasteiger partial charge in [-0.15, -0.1) is 22.7 Å². The summed E-state index contributed by atoms with van der Waals surface area (Å²) < 4.78 is 3.86. The van der Waals surface area contributed by atoms with Gasteiger partial charge < -0.3 is 20.0 Å². The Hall–Kier alpha value is -4.44. The van der Waals surface area contributed by atoms with Crippen molar-refractivity contribution in [2.24, 2.45) is 34.5 Å². The smallest absolute Gasteiger partial charge is 0.348 e. The summed E-state index contributed by atoms with van der Waals surface area (Å²) >= 11 is 2.83. The maximum atomic E-state index is 14.2. The van der Waals surface area contributed by atoms with Gasteiger partial charge >= 0.3 is 11.9 Å². The fourth-order valence-corrected chi connectivity index (χ4v) is 15.9. The van der Waals surface area contributed by atoms with Gasteiger partial charge in [0.2, 0.25) is 11.8 Å². The van der Waals surface area contributed by atoms with E-state index in [9.17, 15) is 29.4 Å². The number of carboxylic acid groups (broad SMARTS) is 2. The van der Waals surface area contributed by atoms with Crippen LogP contribution in [-0.4, -0.2) is 75.6 Å². The molecule has 6 saturated carbocycles. The standard InChI is InChI=1S/2C29H42N4O3S/c2*1-19-4-6-21(7-5-19)27(34)33(23-10-8-22(9-11-23)32-18-30-17-31-32)24-16-25(37-26(24)28(35)36)20-12-14-29(2,3)15-13-20/h2*16-23H,4-15H2,1-3H3,(H,35,36). The van der Waals surface area contributed by atoms with Crippen molar-refractivity contribution in [3.8, 4) is 0 Å². The van der Waals surface area contributed by atoms with Gasteiger partial charge in [0.25, 0.3) is 0 Å². The van der Waals surface area contributed by atoms with Crippen LogP contribution in [0.4, 0.5) is 11.4 Å². The fourth-order valence-electron chi connectivity index (χ4n) is 13.6. The molecule has 0 unspecified atom stereocenters. The van der Waals surface area contributed by atoms with Gasteiger partial charge in [0.15, 0.2) is 0 Å². The molecule has 0 aliphatic heterocycles. The van der Waals surface area contributed by atoms with E-state index >= 15 is 0 Å². The molecule has 0 atom stereocenters. The van der Waals surface area contributed by atoms with Gasteiger partial charge in [-0.05, 0) is 201 Å². The zero-order valence-corrected chi connectivity index (χ0v) is 46.8. The van der Waals surface area contributed by atoms with Crippen molar-refractivity contribution in [1.29, 1.82) is 0 Å². The number of hydrogen-bond donors (Lipinski definition) is 2. The van der Waals surface area contributed by atoms with Gasteiger partial charge in [0.05, 0.1) is 23.5 Å². The SMILES string of the molecule is CC1CCC(C(=O)N(c2cc(C3CCC(C)(C)CC3)sc2C(=O)O)C2CCC(n3cncn3)CC2)CC1.CC1CCC(C(=O)N(c2cc(C3CCC(C)(C)CC3)sc2C(=O)O)C2CCC(n3cncn3)CC2)CC1. The molecule has 0 radical (unpaired) electrons. The van der Waals surface area contributed by atoms with Gasteiger partial charge in [-0.25, -0.2) is 28.9 Å². The molecule has 4 aromatic rings. The lowest BCUT2D eigenvalue weighted by Crippen LogP contribution is -2.46. The molecule has 14 nitrogen and oxygen atoms in total. The van der Waals surface area contributed by atoms with E-state index in [0.29, 0.717) is 55.6 Å². The molecule has 0 saturated heterocycles. The lowest BCUT2D eigenvalue weighted by molar-refractivity contribution is -0.125. The Kier molecular flexibility index (Phi) is 17.2. The first kappa shape index (κ1) is 54.4. The van der Waals surface area contributed by atoms with E-state index in [1.165, 1.54) is 22.7 Å². The minimum Gasteiger partial charge on any atom is -0.477 e. The Balaban J connectivity index is 0.000000182. The molecule has 404 valence electrons. The van der Waals surface area contributed by atoms with Crippen LogP contribution in [-0.2, 0) is 9.59 Å². The number of carbonyl (C=O) groups is 4. The maximum Gasteiger partial charge on any atom is 0.348 e. The number of aromatic nitrogens is 6. The van der Waals surface area contributed by atoms with E-state index in [4.69, 9.17) is 0 Å². The fraction of sp³-hybridized carbons (Fsp3) is 0.724. The largest absolute Gasteiger partial charge is 0.477 e. The Morgan fingerprint density at radius 3 is 1.15 bits per heavy atom. The Labute approximate surface area is 447 Å². The molecule has 16 heteroatoms. The molecule has 0 spiro atoms. The van der Waals surface area contributed by atoms with Gasteiger partial charge in [0, 0.05) is 33.7 Å². The summed E-state index contributed by atoms with van der Waals surface area (Å²) in [5.74, 6) is 0.556. The van der Waals surface area contributed by atoms with E-state index in [1.54, 1.807) is 25.3 Å². The zero-order valence-electron chi connectivity index (χ0n) is 45.1. The molecular weight excluding hydrogens is 969 g/mol. The van der Waals surface area contributed by atoms with Crippen molar-refractivity contribution >= 4 is 57.8 Å². The average molecular weight is 1050 g/mol. The Morgan fingerprint density at radius 2 is 0.851 bits per heavy atom. The third kappa shape index (κ3) is 12.7. The quantitative estimate of drug-likeness (QED) is 0.139. The normalized spacial score (nSPS) is 28.6. The Morgan fingerprint density at radius 1 is 0.514 bits per heavy atom. The van der Waals surface area contributed by atoms with Crippen LogP contribution in [0.15, 0.2) is 37.4 Å². The second-order valence-electron chi connectivity index (χ2n) is 25.2. The molecule has 2 N–H and O–H groups in total. The molecule has 4 heterocycles. The lowest BCUT2D eigenvalue weighted by Gasteiger charge is -2.39. The summed E-state index contributed by atoms with van der Waals surface area (Å²) in [6.45, 7) is 13.8. The molecule has 74 heavy (non-hydrogen) atoms. The molecule has 4 aromatic heterocycles. The van der Waals surface area contributed by atoms with Crippen LogP contribution in [0.25, 0.3) is 0 Å². The van der Waals surface area contributed by atoms with E-state index in [0.717, 1.165) is 164 Å². The zero-order chi connectivity index (χ0) is 52.3. The number of rotatable bonds is 12. The minimum atomic E-state index is -0.909. The first-order valence-electron chi connectivity index (χ1n) is 28.5. The predicted octanol–water partition coefficient (Wildman–Crippen LogP) is 14.1. The number of carbonyl (C=O) groups excluding carboxylic acids is 2. The summed E-state index contributed by atoms with van der Waals surface area (Å²) in [5, 5.41) is 29.2. The third-order valence-corrected chi connectivity index (χ3v) is 21.3. The number of hydrogen-bond acceptors (Lipinski definition) is 10. The highest BCUT2D eigenvalue weighted by molar-refractivity contribution is 7.15. The monoisotopic (exact) mass is 1050 g/mol. The van der Waals surface area contributed by atoms with Gasteiger partial charge in [-0.2, -0.15) is 10.2 Å². The van der Waals surface area contributed by atoms with E-state index in [2.05, 4.69) is 73.8 Å². The van der Waals surface area contributed by atoms with E-state index in [1.807, 2.05) is 19.2 Å². The summed E-state index contributed by atoms with van der Waals surface area (Å²) in [7, 11) is 0. The van der Waals surface area contributed by atoms with E-state index in [-0.39, 0.29) is 47.8 Å². The van der Waals surface area contributed by atoms with Crippen LogP contribution in [0.1, 0.15) is 249 Å². The summed E-state index contributed by atoms with van der Waals surface area (Å²) in [6.07, 6.45) is 30.6. The topological polar surface area (TPSA) is 177 Å². The number of aromatic carboxylic acids is 2. The third-order valence-electron chi connectivity index (χ3n) is 18.7. The molecule has 0 bridgehead atoms. The Bertz CT molecular complexity index is 2310. The van der Waals surface area contributed by atoms with Crippen molar-refractivity contribution in [2.75, 3.05) is 9.80 Å². The second-order valence-corrected chi connectivity index (χ2v) is 27.4. The first-order valence-corrected chi connectivity index (χ1v) is 30.1. The maximum absolute atomic E-state index is 14.2. The van der Waals surface area contributed by atoms with Crippen LogP contribution in [0, 0.1) is 34.5 Å². The molecule has 2 amide bonds. The molecule has 6 aliphatic rings. The van der Waals surface area contributed by atoms with Crippen LogP contribution < -0.4 is 9.80 Å². The lowest BCUT2D eigenvalue weighted by atomic mass is 9.73. The average Bonchev–Trinajstić information content (AvgIpc) is 4.25. The second kappa shape index (κ2) is 23.4. The molecule has 6 fully saturated rings. The van der Waals surface area contributed by atoms with Crippen molar-refractivity contribution in [2.45, 2.75) is 232 Å². The number of nitrogens with zero attached hydrogens (tertiary/aromatic N) is 8.